The number of methoxy groups -OCH3 is 1. The molecule has 1 unspecified atom stereocenters. The van der Waals surface area contributed by atoms with Gasteiger partial charge in [-0.2, -0.15) is 0 Å². The molecule has 0 aliphatic carbocycles. The smallest absolute Gasteiger partial charge is 0.251 e. The number of nitrogens with zero attached hydrogens (tertiary/aromatic N) is 4. The van der Waals surface area contributed by atoms with Gasteiger partial charge in [-0.3, -0.25) is 19.7 Å². The van der Waals surface area contributed by atoms with Gasteiger partial charge in [0.05, 0.1) is 13.3 Å². The van der Waals surface area contributed by atoms with Crippen LogP contribution in [0, 0.1) is 0 Å². The number of nitrogens with one attached hydrogen (secondary N) is 1. The molecular formula is C26H29N5O2. The van der Waals surface area contributed by atoms with Crippen LogP contribution in [-0.4, -0.2) is 44.5 Å². The Hall–Kier alpha value is -3.58. The lowest BCUT2D eigenvalue weighted by atomic mass is 9.95. The van der Waals surface area contributed by atoms with Crippen molar-refractivity contribution in [3.8, 4) is 16.9 Å². The first-order valence-electron chi connectivity index (χ1n) is 11.1. The van der Waals surface area contributed by atoms with Crippen molar-refractivity contribution >= 4 is 5.57 Å². The van der Waals surface area contributed by atoms with Gasteiger partial charge < -0.3 is 9.72 Å². The van der Waals surface area contributed by atoms with Gasteiger partial charge in [-0.05, 0) is 49.6 Å². The Morgan fingerprint density at radius 1 is 1.21 bits per heavy atom. The van der Waals surface area contributed by atoms with Crippen molar-refractivity contribution in [1.82, 2.24) is 24.8 Å². The van der Waals surface area contributed by atoms with Gasteiger partial charge in [0.15, 0.2) is 0 Å². The predicted octanol–water partition coefficient (Wildman–Crippen LogP) is 4.03. The summed E-state index contributed by atoms with van der Waals surface area (Å²) in [6, 6.07) is 5.68. The molecular weight excluding hydrogens is 414 g/mol. The van der Waals surface area contributed by atoms with Gasteiger partial charge in [0.25, 0.3) is 5.56 Å². The molecule has 1 aliphatic heterocycles. The Kier molecular flexibility index (Phi) is 6.79. The first-order valence-corrected chi connectivity index (χ1v) is 11.1. The van der Waals surface area contributed by atoms with Crippen LogP contribution >= 0.6 is 0 Å². The van der Waals surface area contributed by atoms with Gasteiger partial charge in [-0.1, -0.05) is 12.2 Å². The number of pyridine rings is 2. The fourth-order valence-corrected chi connectivity index (χ4v) is 4.31. The molecule has 0 saturated carbocycles. The third-order valence-electron chi connectivity index (χ3n) is 6.21. The van der Waals surface area contributed by atoms with E-state index >= 15 is 0 Å². The molecule has 7 heteroatoms. The maximum Gasteiger partial charge on any atom is 0.251 e. The average molecular weight is 444 g/mol. The van der Waals surface area contributed by atoms with Crippen molar-refractivity contribution in [1.29, 1.82) is 0 Å². The molecule has 4 heterocycles. The van der Waals surface area contributed by atoms with Gasteiger partial charge in [-0.25, -0.2) is 4.98 Å². The summed E-state index contributed by atoms with van der Waals surface area (Å²) in [6.45, 7) is 7.83. The number of ether oxygens (including phenoxy) is 1. The summed E-state index contributed by atoms with van der Waals surface area (Å²) in [5, 5.41) is 0. The zero-order chi connectivity index (χ0) is 23.4. The molecule has 1 N–H and O–H groups in total. The summed E-state index contributed by atoms with van der Waals surface area (Å²) in [6.07, 6.45) is 12.1. The number of hydrogen-bond donors (Lipinski definition) is 1. The van der Waals surface area contributed by atoms with Crippen LogP contribution in [0.5, 0.6) is 5.75 Å². The monoisotopic (exact) mass is 443 g/mol. The van der Waals surface area contributed by atoms with Crippen LogP contribution in [0.1, 0.15) is 37.9 Å². The lowest BCUT2D eigenvalue weighted by Crippen LogP contribution is -2.39. The maximum atomic E-state index is 11.8. The van der Waals surface area contributed by atoms with E-state index in [2.05, 4.69) is 45.0 Å². The number of allylic oxidation sites excluding steroid dienone is 2. The van der Waals surface area contributed by atoms with E-state index in [9.17, 15) is 4.79 Å². The molecule has 0 bridgehead atoms. The zero-order valence-corrected chi connectivity index (χ0v) is 19.5. The van der Waals surface area contributed by atoms with Crippen LogP contribution in [0.3, 0.4) is 0 Å². The van der Waals surface area contributed by atoms with Crippen molar-refractivity contribution in [2.75, 3.05) is 13.7 Å². The second-order valence-electron chi connectivity index (χ2n) is 8.19. The van der Waals surface area contributed by atoms with E-state index < -0.39 is 0 Å². The van der Waals surface area contributed by atoms with Gasteiger partial charge in [0.2, 0.25) is 0 Å². The first kappa shape index (κ1) is 22.6. The van der Waals surface area contributed by atoms with E-state index in [1.54, 1.807) is 25.7 Å². The number of fused-ring (bicyclic) bond motifs is 1. The highest BCUT2D eigenvalue weighted by Gasteiger charge is 2.25. The highest BCUT2D eigenvalue weighted by molar-refractivity contribution is 5.69. The molecule has 1 aliphatic rings. The number of aromatic nitrogens is 4. The van der Waals surface area contributed by atoms with Crippen LogP contribution in [0.2, 0.25) is 0 Å². The molecule has 0 spiro atoms. The lowest BCUT2D eigenvalue weighted by molar-refractivity contribution is 0.230. The topological polar surface area (TPSA) is 84.0 Å². The highest BCUT2D eigenvalue weighted by Crippen LogP contribution is 2.32. The van der Waals surface area contributed by atoms with E-state index in [0.717, 1.165) is 53.2 Å². The third kappa shape index (κ3) is 4.78. The fourth-order valence-electron chi connectivity index (χ4n) is 4.31. The molecule has 0 saturated heterocycles. The molecule has 33 heavy (non-hydrogen) atoms. The van der Waals surface area contributed by atoms with E-state index in [1.807, 2.05) is 26.1 Å². The Morgan fingerprint density at radius 2 is 2.06 bits per heavy atom. The van der Waals surface area contributed by atoms with Crippen molar-refractivity contribution < 1.29 is 4.74 Å². The normalized spacial score (nSPS) is 15.8. The SMILES string of the molecule is C/C=C\C(/C(C)=C(/C)c1nccc(=O)[nH]1)N1CCc2ncc(-c3ccncc3OC)cc2C1. The van der Waals surface area contributed by atoms with Crippen LogP contribution < -0.4 is 10.3 Å². The molecule has 0 fully saturated rings. The maximum absolute atomic E-state index is 11.8. The standard InChI is InChI=1S/C26H29N5O2/c1-5-6-23(17(2)18(3)26-28-11-8-25(32)30-26)31-12-9-22-20(16-31)13-19(14-29-22)21-7-10-27-15-24(21)33-4/h5-8,10-11,13-15,23H,9,12,16H2,1-4H3,(H,28,30,32)/b6-5-,18-17-. The molecule has 7 nitrogen and oxygen atoms in total. The van der Waals surface area contributed by atoms with E-state index in [1.165, 1.54) is 11.6 Å². The first-order chi connectivity index (χ1) is 16.0. The summed E-state index contributed by atoms with van der Waals surface area (Å²) in [5.41, 5.74) is 6.34. The van der Waals surface area contributed by atoms with Crippen LogP contribution in [-0.2, 0) is 13.0 Å². The van der Waals surface area contributed by atoms with Crippen molar-refractivity contribution in [2.45, 2.75) is 39.8 Å². The molecule has 1 atom stereocenters. The van der Waals surface area contributed by atoms with Crippen molar-refractivity contribution in [2.24, 2.45) is 0 Å². The average Bonchev–Trinajstić information content (AvgIpc) is 2.85. The van der Waals surface area contributed by atoms with E-state index in [0.29, 0.717) is 5.82 Å². The van der Waals surface area contributed by atoms with Crippen LogP contribution in [0.15, 0.2) is 65.5 Å². The minimum Gasteiger partial charge on any atom is -0.494 e. The predicted molar refractivity (Wildman–Crippen MR) is 130 cm³/mol. The largest absolute Gasteiger partial charge is 0.494 e. The Bertz CT molecular complexity index is 1260. The zero-order valence-electron chi connectivity index (χ0n) is 19.5. The second-order valence-corrected chi connectivity index (χ2v) is 8.19. The molecule has 0 amide bonds. The summed E-state index contributed by atoms with van der Waals surface area (Å²) < 4.78 is 5.50. The van der Waals surface area contributed by atoms with Crippen molar-refractivity contribution in [3.63, 3.8) is 0 Å². The molecule has 0 aromatic carbocycles. The molecule has 3 aromatic rings. The van der Waals surface area contributed by atoms with Crippen molar-refractivity contribution in [3.05, 3.63) is 88.1 Å². The quantitative estimate of drug-likeness (QED) is 0.579. The number of rotatable bonds is 6. The minimum absolute atomic E-state index is 0.0905. The van der Waals surface area contributed by atoms with E-state index in [-0.39, 0.29) is 11.6 Å². The Morgan fingerprint density at radius 3 is 2.82 bits per heavy atom. The van der Waals surface area contributed by atoms with Gasteiger partial charge in [0.1, 0.15) is 11.6 Å². The molecule has 0 radical (unpaired) electrons. The fraction of sp³-hybridized carbons (Fsp3) is 0.308. The molecule has 4 rings (SSSR count). The van der Waals surface area contributed by atoms with Gasteiger partial charge >= 0.3 is 0 Å². The van der Waals surface area contributed by atoms with Gasteiger partial charge in [-0.15, -0.1) is 0 Å². The molecule has 170 valence electrons. The number of H-pyrrole nitrogens is 1. The summed E-state index contributed by atoms with van der Waals surface area (Å²) in [4.78, 5) is 30.4. The Balaban J connectivity index is 1.67. The summed E-state index contributed by atoms with van der Waals surface area (Å²) in [7, 11) is 1.65. The highest BCUT2D eigenvalue weighted by atomic mass is 16.5. The number of hydrogen-bond acceptors (Lipinski definition) is 6. The molecule has 3 aromatic heterocycles. The third-order valence-corrected chi connectivity index (χ3v) is 6.21. The number of aromatic amines is 1. The van der Waals surface area contributed by atoms with Gasteiger partial charge in [0, 0.05) is 67.0 Å². The summed E-state index contributed by atoms with van der Waals surface area (Å²) >= 11 is 0. The Labute approximate surface area is 193 Å². The van der Waals surface area contributed by atoms with E-state index in [4.69, 9.17) is 9.72 Å². The summed E-state index contributed by atoms with van der Waals surface area (Å²) in [5.74, 6) is 1.35. The lowest BCUT2D eigenvalue weighted by Gasteiger charge is -2.35. The van der Waals surface area contributed by atoms with Crippen LogP contribution in [0.4, 0.5) is 0 Å². The van der Waals surface area contributed by atoms with Crippen LogP contribution in [0.25, 0.3) is 16.7 Å². The minimum atomic E-state index is -0.147. The second kappa shape index (κ2) is 9.92.